The SMILES string of the molecule is CCn1nccc1CN1CCC(Oc2ccnc(CN(C)C)c2)C1. The molecule has 130 valence electrons. The van der Waals surface area contributed by atoms with Gasteiger partial charge >= 0.3 is 0 Å². The van der Waals surface area contributed by atoms with Gasteiger partial charge in [-0.15, -0.1) is 0 Å². The van der Waals surface area contributed by atoms with E-state index in [-0.39, 0.29) is 6.10 Å². The van der Waals surface area contributed by atoms with Gasteiger partial charge in [-0.3, -0.25) is 14.6 Å². The summed E-state index contributed by atoms with van der Waals surface area (Å²) in [5.74, 6) is 0.923. The number of likely N-dealkylation sites (tertiary alicyclic amines) is 1. The van der Waals surface area contributed by atoms with Crippen molar-refractivity contribution in [2.45, 2.75) is 39.1 Å². The molecule has 0 radical (unpaired) electrons. The van der Waals surface area contributed by atoms with E-state index < -0.39 is 0 Å². The number of aromatic nitrogens is 3. The molecule has 0 aliphatic carbocycles. The fourth-order valence-electron chi connectivity index (χ4n) is 3.18. The molecular weight excluding hydrogens is 302 g/mol. The molecule has 2 aromatic rings. The molecule has 0 aromatic carbocycles. The third kappa shape index (κ3) is 4.33. The van der Waals surface area contributed by atoms with E-state index in [1.165, 1.54) is 5.69 Å². The fraction of sp³-hybridized carbons (Fsp3) is 0.556. The second-order valence-electron chi connectivity index (χ2n) is 6.62. The first-order chi connectivity index (χ1) is 11.6. The Morgan fingerprint density at radius 1 is 1.29 bits per heavy atom. The maximum atomic E-state index is 6.18. The van der Waals surface area contributed by atoms with Gasteiger partial charge in [-0.1, -0.05) is 0 Å². The van der Waals surface area contributed by atoms with Crippen molar-refractivity contribution in [1.82, 2.24) is 24.6 Å². The Hall–Kier alpha value is -1.92. The van der Waals surface area contributed by atoms with Crippen LogP contribution in [-0.2, 0) is 19.6 Å². The van der Waals surface area contributed by atoms with Gasteiger partial charge in [0, 0.05) is 51.2 Å². The molecule has 0 bridgehead atoms. The summed E-state index contributed by atoms with van der Waals surface area (Å²) >= 11 is 0. The van der Waals surface area contributed by atoms with Crippen molar-refractivity contribution in [3.05, 3.63) is 42.0 Å². The lowest BCUT2D eigenvalue weighted by atomic mass is 10.3. The third-order valence-corrected chi connectivity index (χ3v) is 4.29. The van der Waals surface area contributed by atoms with Gasteiger partial charge in [-0.25, -0.2) is 0 Å². The van der Waals surface area contributed by atoms with Crippen LogP contribution in [-0.4, -0.2) is 57.9 Å². The second kappa shape index (κ2) is 7.77. The molecule has 1 aliphatic rings. The third-order valence-electron chi connectivity index (χ3n) is 4.29. The van der Waals surface area contributed by atoms with Crippen molar-refractivity contribution < 1.29 is 4.74 Å². The Bertz CT molecular complexity index is 654. The van der Waals surface area contributed by atoms with Gasteiger partial charge in [0.25, 0.3) is 0 Å². The average Bonchev–Trinajstić information content (AvgIpc) is 3.16. The normalized spacial score (nSPS) is 18.4. The zero-order valence-electron chi connectivity index (χ0n) is 14.9. The second-order valence-corrected chi connectivity index (χ2v) is 6.62. The van der Waals surface area contributed by atoms with Gasteiger partial charge in [0.1, 0.15) is 11.9 Å². The van der Waals surface area contributed by atoms with Crippen LogP contribution in [0, 0.1) is 0 Å². The van der Waals surface area contributed by atoms with Gasteiger partial charge < -0.3 is 9.64 Å². The van der Waals surface area contributed by atoms with E-state index in [2.05, 4.69) is 43.6 Å². The lowest BCUT2D eigenvalue weighted by Gasteiger charge is -2.18. The Morgan fingerprint density at radius 2 is 2.17 bits per heavy atom. The Balaban J connectivity index is 1.54. The molecule has 0 N–H and O–H groups in total. The number of hydrogen-bond donors (Lipinski definition) is 0. The molecule has 6 nitrogen and oxygen atoms in total. The molecule has 0 amide bonds. The molecule has 3 heterocycles. The summed E-state index contributed by atoms with van der Waals surface area (Å²) < 4.78 is 8.24. The first kappa shape index (κ1) is 16.9. The quantitative estimate of drug-likeness (QED) is 0.778. The molecular formula is C18H27N5O. The van der Waals surface area contributed by atoms with E-state index in [1.54, 1.807) is 0 Å². The van der Waals surface area contributed by atoms with E-state index in [9.17, 15) is 0 Å². The maximum Gasteiger partial charge on any atom is 0.123 e. The molecule has 1 fully saturated rings. The minimum Gasteiger partial charge on any atom is -0.489 e. The highest BCUT2D eigenvalue weighted by Crippen LogP contribution is 2.20. The zero-order chi connectivity index (χ0) is 16.9. The first-order valence-electron chi connectivity index (χ1n) is 8.63. The molecule has 1 saturated heterocycles. The number of rotatable bonds is 7. The van der Waals surface area contributed by atoms with Crippen LogP contribution in [0.4, 0.5) is 0 Å². The van der Waals surface area contributed by atoms with Crippen LogP contribution in [0.5, 0.6) is 5.75 Å². The van der Waals surface area contributed by atoms with Crippen LogP contribution in [0.15, 0.2) is 30.6 Å². The summed E-state index contributed by atoms with van der Waals surface area (Å²) in [5, 5.41) is 4.34. The fourth-order valence-corrected chi connectivity index (χ4v) is 3.18. The Kier molecular flexibility index (Phi) is 5.48. The van der Waals surface area contributed by atoms with Crippen molar-refractivity contribution >= 4 is 0 Å². The molecule has 2 aromatic heterocycles. The Labute approximate surface area is 144 Å². The summed E-state index contributed by atoms with van der Waals surface area (Å²) in [7, 11) is 4.09. The van der Waals surface area contributed by atoms with Crippen molar-refractivity contribution in [3.63, 3.8) is 0 Å². The molecule has 1 unspecified atom stereocenters. The number of aryl methyl sites for hydroxylation is 1. The van der Waals surface area contributed by atoms with Crippen LogP contribution < -0.4 is 4.74 Å². The number of hydrogen-bond acceptors (Lipinski definition) is 5. The van der Waals surface area contributed by atoms with Gasteiger partial charge in [0.15, 0.2) is 0 Å². The van der Waals surface area contributed by atoms with Crippen molar-refractivity contribution in [1.29, 1.82) is 0 Å². The monoisotopic (exact) mass is 329 g/mol. The molecule has 6 heteroatoms. The molecule has 24 heavy (non-hydrogen) atoms. The standard InChI is InChI=1S/C18H27N5O/c1-4-23-16(5-9-20-23)13-22-10-7-18(14-22)24-17-6-8-19-15(11-17)12-21(2)3/h5-6,8-9,11,18H,4,7,10,12-14H2,1-3H3. The van der Waals surface area contributed by atoms with Gasteiger partial charge in [-0.05, 0) is 39.6 Å². The van der Waals surface area contributed by atoms with Gasteiger partial charge in [-0.2, -0.15) is 5.10 Å². The lowest BCUT2D eigenvalue weighted by molar-refractivity contribution is 0.196. The van der Waals surface area contributed by atoms with Crippen molar-refractivity contribution in [3.8, 4) is 5.75 Å². The summed E-state index contributed by atoms with van der Waals surface area (Å²) in [6.45, 7) is 6.84. The highest BCUT2D eigenvalue weighted by atomic mass is 16.5. The van der Waals surface area contributed by atoms with E-state index >= 15 is 0 Å². The number of nitrogens with zero attached hydrogens (tertiary/aromatic N) is 5. The highest BCUT2D eigenvalue weighted by molar-refractivity contribution is 5.23. The number of pyridine rings is 1. The summed E-state index contributed by atoms with van der Waals surface area (Å²) in [6, 6.07) is 6.11. The van der Waals surface area contributed by atoms with Crippen molar-refractivity contribution in [2.75, 3.05) is 27.2 Å². The van der Waals surface area contributed by atoms with Crippen LogP contribution in [0.1, 0.15) is 24.7 Å². The minimum absolute atomic E-state index is 0.248. The van der Waals surface area contributed by atoms with E-state index in [0.717, 1.165) is 50.6 Å². The van der Waals surface area contributed by atoms with Crippen LogP contribution in [0.25, 0.3) is 0 Å². The molecule has 1 atom stereocenters. The summed E-state index contributed by atoms with van der Waals surface area (Å²) in [4.78, 5) is 8.95. The van der Waals surface area contributed by atoms with Crippen LogP contribution in [0.3, 0.4) is 0 Å². The predicted octanol–water partition coefficient (Wildman–Crippen LogP) is 2.01. The molecule has 1 aliphatic heterocycles. The van der Waals surface area contributed by atoms with Crippen LogP contribution in [0.2, 0.25) is 0 Å². The van der Waals surface area contributed by atoms with Gasteiger partial charge in [0.05, 0.1) is 11.4 Å². The van der Waals surface area contributed by atoms with E-state index in [1.807, 2.05) is 32.6 Å². The highest BCUT2D eigenvalue weighted by Gasteiger charge is 2.24. The molecule has 3 rings (SSSR count). The molecule has 0 saturated carbocycles. The van der Waals surface area contributed by atoms with Crippen LogP contribution >= 0.6 is 0 Å². The summed E-state index contributed by atoms with van der Waals surface area (Å²) in [6.07, 6.45) is 5.02. The maximum absolute atomic E-state index is 6.18. The average molecular weight is 329 g/mol. The van der Waals surface area contributed by atoms with Crippen molar-refractivity contribution in [2.24, 2.45) is 0 Å². The smallest absolute Gasteiger partial charge is 0.123 e. The first-order valence-corrected chi connectivity index (χ1v) is 8.63. The zero-order valence-corrected chi connectivity index (χ0v) is 14.9. The minimum atomic E-state index is 0.248. The predicted molar refractivity (Wildman–Crippen MR) is 93.8 cm³/mol. The topological polar surface area (TPSA) is 46.4 Å². The summed E-state index contributed by atoms with van der Waals surface area (Å²) in [5.41, 5.74) is 2.31. The largest absolute Gasteiger partial charge is 0.489 e. The van der Waals surface area contributed by atoms with E-state index in [4.69, 9.17) is 4.74 Å². The van der Waals surface area contributed by atoms with Gasteiger partial charge in [0.2, 0.25) is 0 Å². The lowest BCUT2D eigenvalue weighted by Crippen LogP contribution is -2.25. The number of ether oxygens (including phenoxy) is 1. The Morgan fingerprint density at radius 3 is 2.96 bits per heavy atom. The molecule has 0 spiro atoms. The van der Waals surface area contributed by atoms with E-state index in [0.29, 0.717) is 0 Å².